The average Bonchev–Trinajstić information content (AvgIpc) is 3.63. The lowest BCUT2D eigenvalue weighted by Crippen LogP contribution is -2.49. The number of anilines is 1. The number of carbonyl (C=O) groups excluding carboxylic acids is 1. The van der Waals surface area contributed by atoms with Crippen molar-refractivity contribution in [1.82, 2.24) is 19.4 Å². The molecular formula is C24H33N5O2. The van der Waals surface area contributed by atoms with Crippen LogP contribution >= 0.6 is 0 Å². The van der Waals surface area contributed by atoms with Crippen LogP contribution in [0.4, 0.5) is 5.69 Å². The molecule has 0 bridgehead atoms. The lowest BCUT2D eigenvalue weighted by Gasteiger charge is -2.37. The molecular weight excluding hydrogens is 390 g/mol. The molecule has 2 saturated heterocycles. The van der Waals surface area contributed by atoms with Crippen LogP contribution in [0.3, 0.4) is 0 Å². The highest BCUT2D eigenvalue weighted by molar-refractivity contribution is 5.81. The van der Waals surface area contributed by atoms with Crippen molar-refractivity contribution in [3.63, 3.8) is 0 Å². The van der Waals surface area contributed by atoms with E-state index in [0.717, 1.165) is 82.8 Å². The second kappa shape index (κ2) is 8.99. The van der Waals surface area contributed by atoms with Gasteiger partial charge in [-0.3, -0.25) is 19.1 Å². The molecule has 3 fully saturated rings. The van der Waals surface area contributed by atoms with Crippen LogP contribution in [0.15, 0.2) is 29.3 Å². The summed E-state index contributed by atoms with van der Waals surface area (Å²) in [5.41, 5.74) is 2.01. The van der Waals surface area contributed by atoms with Gasteiger partial charge in [-0.2, -0.15) is 0 Å². The molecule has 1 aliphatic carbocycles. The van der Waals surface area contributed by atoms with Gasteiger partial charge in [-0.1, -0.05) is 6.42 Å². The number of benzene rings is 1. The minimum absolute atomic E-state index is 0.0799. The van der Waals surface area contributed by atoms with Crippen molar-refractivity contribution in [2.45, 2.75) is 45.1 Å². The number of likely N-dealkylation sites (tertiary alicyclic amines) is 1. The van der Waals surface area contributed by atoms with Crippen LogP contribution in [0.5, 0.6) is 0 Å². The molecule has 5 rings (SSSR count). The summed E-state index contributed by atoms with van der Waals surface area (Å²) in [6.45, 7) is 7.44. The number of nitrogens with zero attached hydrogens (tertiary/aromatic N) is 5. The molecule has 0 atom stereocenters. The fourth-order valence-corrected chi connectivity index (χ4v) is 4.82. The van der Waals surface area contributed by atoms with Crippen LogP contribution in [-0.2, 0) is 11.3 Å². The summed E-state index contributed by atoms with van der Waals surface area (Å²) in [5, 5.41) is 0.715. The molecule has 2 aromatic rings. The summed E-state index contributed by atoms with van der Waals surface area (Å²) in [4.78, 5) is 36.4. The summed E-state index contributed by atoms with van der Waals surface area (Å²) in [7, 11) is 0. The quantitative estimate of drug-likeness (QED) is 0.714. The first-order valence-electron chi connectivity index (χ1n) is 11.9. The maximum absolute atomic E-state index is 12.7. The minimum Gasteiger partial charge on any atom is -0.369 e. The third-order valence-electron chi connectivity index (χ3n) is 7.06. The van der Waals surface area contributed by atoms with E-state index in [1.165, 1.54) is 19.3 Å². The predicted octanol–water partition coefficient (Wildman–Crippen LogP) is 2.33. The normalized spacial score (nSPS) is 21.0. The van der Waals surface area contributed by atoms with Gasteiger partial charge in [0.1, 0.15) is 0 Å². The molecule has 7 heteroatoms. The van der Waals surface area contributed by atoms with E-state index in [-0.39, 0.29) is 5.56 Å². The topological polar surface area (TPSA) is 61.7 Å². The van der Waals surface area contributed by atoms with E-state index >= 15 is 0 Å². The lowest BCUT2D eigenvalue weighted by molar-refractivity contribution is -0.130. The van der Waals surface area contributed by atoms with Crippen LogP contribution in [0.1, 0.15) is 38.5 Å². The van der Waals surface area contributed by atoms with E-state index in [0.29, 0.717) is 17.2 Å². The van der Waals surface area contributed by atoms with E-state index in [2.05, 4.69) is 31.8 Å². The molecule has 0 unspecified atom stereocenters. The Morgan fingerprint density at radius 1 is 0.935 bits per heavy atom. The molecule has 7 nitrogen and oxygen atoms in total. The molecule has 0 N–H and O–H groups in total. The fourth-order valence-electron chi connectivity index (χ4n) is 4.82. The molecule has 2 aliphatic heterocycles. The van der Waals surface area contributed by atoms with E-state index in [9.17, 15) is 9.59 Å². The first-order valence-corrected chi connectivity index (χ1v) is 11.9. The van der Waals surface area contributed by atoms with E-state index in [1.54, 1.807) is 10.9 Å². The summed E-state index contributed by atoms with van der Waals surface area (Å²) in [6, 6.07) is 6.07. The highest BCUT2D eigenvalue weighted by Gasteiger charge is 2.23. The van der Waals surface area contributed by atoms with Crippen LogP contribution in [0, 0.1) is 5.92 Å². The molecule has 1 saturated carbocycles. The van der Waals surface area contributed by atoms with Gasteiger partial charge in [0.25, 0.3) is 5.56 Å². The number of rotatable bonds is 6. The smallest absolute Gasteiger partial charge is 0.261 e. The van der Waals surface area contributed by atoms with Gasteiger partial charge in [-0.05, 0) is 49.8 Å². The van der Waals surface area contributed by atoms with Crippen molar-refractivity contribution in [3.8, 4) is 0 Å². The Balaban J connectivity index is 1.18. The zero-order valence-corrected chi connectivity index (χ0v) is 18.3. The monoisotopic (exact) mass is 423 g/mol. The Hall–Kier alpha value is -2.41. The van der Waals surface area contributed by atoms with Gasteiger partial charge >= 0.3 is 0 Å². The molecule has 166 valence electrons. The molecule has 1 aromatic heterocycles. The number of hydrogen-bond acceptors (Lipinski definition) is 5. The van der Waals surface area contributed by atoms with Gasteiger partial charge in [0.2, 0.25) is 5.91 Å². The zero-order chi connectivity index (χ0) is 21.2. The van der Waals surface area contributed by atoms with Crippen LogP contribution in [0.2, 0.25) is 0 Å². The SMILES string of the molecule is O=C1CCCCCN1CCN1CCN(c2ccc3c(=O)n(CC4CC4)cnc3c2)CC1. The van der Waals surface area contributed by atoms with Gasteiger partial charge in [-0.25, -0.2) is 4.98 Å². The molecule has 1 aromatic carbocycles. The Kier molecular flexibility index (Phi) is 5.94. The van der Waals surface area contributed by atoms with Crippen molar-refractivity contribution < 1.29 is 4.79 Å². The maximum atomic E-state index is 12.7. The molecule has 0 radical (unpaired) electrons. The number of amides is 1. The Labute approximate surface area is 183 Å². The number of aromatic nitrogens is 2. The molecule has 3 aliphatic rings. The highest BCUT2D eigenvalue weighted by Crippen LogP contribution is 2.30. The largest absolute Gasteiger partial charge is 0.369 e. The Morgan fingerprint density at radius 2 is 1.77 bits per heavy atom. The lowest BCUT2D eigenvalue weighted by atomic mass is 10.2. The summed E-state index contributed by atoms with van der Waals surface area (Å²) >= 11 is 0. The van der Waals surface area contributed by atoms with Gasteiger partial charge < -0.3 is 9.80 Å². The molecule has 0 spiro atoms. The van der Waals surface area contributed by atoms with Crippen molar-refractivity contribution in [1.29, 1.82) is 0 Å². The Morgan fingerprint density at radius 3 is 2.58 bits per heavy atom. The van der Waals surface area contributed by atoms with Crippen LogP contribution < -0.4 is 10.5 Å². The number of hydrogen-bond donors (Lipinski definition) is 0. The van der Waals surface area contributed by atoms with Gasteiger partial charge in [0, 0.05) is 64.5 Å². The molecule has 31 heavy (non-hydrogen) atoms. The first kappa shape index (κ1) is 20.5. The number of piperazine rings is 1. The number of carbonyl (C=O) groups is 1. The molecule has 3 heterocycles. The second-order valence-corrected chi connectivity index (χ2v) is 9.37. The van der Waals surface area contributed by atoms with Gasteiger partial charge in [0.15, 0.2) is 0 Å². The summed E-state index contributed by atoms with van der Waals surface area (Å²) < 4.78 is 1.77. The van der Waals surface area contributed by atoms with E-state index in [4.69, 9.17) is 0 Å². The zero-order valence-electron chi connectivity index (χ0n) is 18.3. The second-order valence-electron chi connectivity index (χ2n) is 9.37. The van der Waals surface area contributed by atoms with Crippen LogP contribution in [0.25, 0.3) is 10.9 Å². The minimum atomic E-state index is 0.0799. The standard InChI is InChI=1S/C24H33N5O2/c30-23-4-2-1-3-9-28(23)15-12-26-10-13-27(14-11-26)20-7-8-21-22(16-20)25-18-29(24(21)31)17-19-5-6-19/h7-8,16,18-19H,1-6,9-15,17H2. The first-order chi connectivity index (χ1) is 15.2. The van der Waals surface area contributed by atoms with Crippen molar-refractivity contribution in [3.05, 3.63) is 34.9 Å². The van der Waals surface area contributed by atoms with Gasteiger partial charge in [-0.15, -0.1) is 0 Å². The van der Waals surface area contributed by atoms with Crippen LogP contribution in [-0.4, -0.2) is 71.1 Å². The summed E-state index contributed by atoms with van der Waals surface area (Å²) in [5.74, 6) is 0.987. The fraction of sp³-hybridized carbons (Fsp3) is 0.625. The predicted molar refractivity (Wildman–Crippen MR) is 122 cm³/mol. The number of fused-ring (bicyclic) bond motifs is 1. The third-order valence-corrected chi connectivity index (χ3v) is 7.06. The van der Waals surface area contributed by atoms with Gasteiger partial charge in [0.05, 0.1) is 17.2 Å². The van der Waals surface area contributed by atoms with Crippen molar-refractivity contribution in [2.75, 3.05) is 50.7 Å². The van der Waals surface area contributed by atoms with Crippen molar-refractivity contribution >= 4 is 22.5 Å². The third kappa shape index (κ3) is 4.76. The average molecular weight is 424 g/mol. The molecule has 1 amide bonds. The maximum Gasteiger partial charge on any atom is 0.261 e. The van der Waals surface area contributed by atoms with Crippen molar-refractivity contribution in [2.24, 2.45) is 5.92 Å². The van der Waals surface area contributed by atoms with E-state index in [1.807, 2.05) is 6.07 Å². The Bertz CT molecular complexity index is 991. The highest BCUT2D eigenvalue weighted by atomic mass is 16.2. The summed E-state index contributed by atoms with van der Waals surface area (Å²) in [6.07, 6.45) is 8.25. The van der Waals surface area contributed by atoms with E-state index < -0.39 is 0 Å².